The summed E-state index contributed by atoms with van der Waals surface area (Å²) in [5.41, 5.74) is 0.921. The van der Waals surface area contributed by atoms with E-state index in [4.69, 9.17) is 4.74 Å². The number of pyridine rings is 1. The number of hydrogen-bond donors (Lipinski definition) is 0. The summed E-state index contributed by atoms with van der Waals surface area (Å²) in [6.45, 7) is 1.59. The van der Waals surface area contributed by atoms with Crippen LogP contribution in [0.5, 0.6) is 11.6 Å². The maximum absolute atomic E-state index is 13.7. The van der Waals surface area contributed by atoms with Crippen LogP contribution in [0.4, 0.5) is 10.1 Å². The molecule has 0 aliphatic carbocycles. The molecule has 174 valence electrons. The van der Waals surface area contributed by atoms with Gasteiger partial charge in [-0.25, -0.2) is 14.0 Å². The normalized spacial score (nSPS) is 13.6. The number of methoxy groups -OCH3 is 1. The zero-order chi connectivity index (χ0) is 24.7. The van der Waals surface area contributed by atoms with Gasteiger partial charge in [-0.2, -0.15) is 9.67 Å². The zero-order valence-electron chi connectivity index (χ0n) is 18.8. The van der Waals surface area contributed by atoms with E-state index >= 15 is 0 Å². The van der Waals surface area contributed by atoms with E-state index in [0.717, 1.165) is 9.58 Å². The lowest BCUT2D eigenvalue weighted by Gasteiger charge is -2.16. The first-order chi connectivity index (χ1) is 16.9. The number of halogens is 1. The van der Waals surface area contributed by atoms with Crippen LogP contribution < -0.4 is 19.3 Å². The van der Waals surface area contributed by atoms with Gasteiger partial charge in [0.2, 0.25) is 0 Å². The van der Waals surface area contributed by atoms with Crippen LogP contribution in [0.1, 0.15) is 11.3 Å². The van der Waals surface area contributed by atoms with Gasteiger partial charge in [0.15, 0.2) is 12.4 Å². The highest BCUT2D eigenvalue weighted by Gasteiger charge is 2.47. The molecule has 0 radical (unpaired) electrons. The van der Waals surface area contributed by atoms with Crippen molar-refractivity contribution in [1.82, 2.24) is 9.78 Å². The van der Waals surface area contributed by atoms with Gasteiger partial charge in [0.1, 0.15) is 17.1 Å². The fourth-order valence-corrected chi connectivity index (χ4v) is 4.05. The third kappa shape index (κ3) is 3.63. The molecule has 0 fully saturated rings. The lowest BCUT2D eigenvalue weighted by molar-refractivity contribution is -0.576. The zero-order valence-corrected chi connectivity index (χ0v) is 18.8. The van der Waals surface area contributed by atoms with Crippen molar-refractivity contribution in [3.05, 3.63) is 96.2 Å². The van der Waals surface area contributed by atoms with E-state index in [-0.39, 0.29) is 22.5 Å². The molecule has 0 atom stereocenters. The van der Waals surface area contributed by atoms with Gasteiger partial charge in [-0.1, -0.05) is 6.07 Å². The largest absolute Gasteiger partial charge is 0.858 e. The smallest absolute Gasteiger partial charge is 0.331 e. The second-order valence-corrected chi connectivity index (χ2v) is 7.80. The van der Waals surface area contributed by atoms with Gasteiger partial charge in [-0.05, 0) is 61.3 Å². The molecule has 1 aliphatic heterocycles. The number of rotatable bonds is 5. The van der Waals surface area contributed by atoms with Crippen molar-refractivity contribution in [3.8, 4) is 17.3 Å². The minimum absolute atomic E-state index is 0.00930. The van der Waals surface area contributed by atoms with Gasteiger partial charge in [0.05, 0.1) is 24.2 Å². The van der Waals surface area contributed by atoms with Crippen LogP contribution in [0.3, 0.4) is 0 Å². The Labute approximate surface area is 199 Å². The molecule has 0 saturated carbocycles. The fourth-order valence-electron chi connectivity index (χ4n) is 4.05. The van der Waals surface area contributed by atoms with Crippen molar-refractivity contribution >= 4 is 28.8 Å². The van der Waals surface area contributed by atoms with E-state index in [9.17, 15) is 19.1 Å². The molecule has 0 bridgehead atoms. The molecule has 0 unspecified atom stereocenters. The van der Waals surface area contributed by atoms with Gasteiger partial charge < -0.3 is 9.84 Å². The van der Waals surface area contributed by atoms with Gasteiger partial charge in [-0.3, -0.25) is 9.59 Å². The molecular weight excluding hydrogens is 451 g/mol. The van der Waals surface area contributed by atoms with E-state index in [1.165, 1.54) is 35.9 Å². The van der Waals surface area contributed by atoms with Crippen molar-refractivity contribution in [2.45, 2.75) is 6.92 Å². The minimum Gasteiger partial charge on any atom is -0.858 e. The Balaban J connectivity index is 1.70. The Hall–Kier alpha value is -4.79. The first-order valence-corrected chi connectivity index (χ1v) is 10.7. The predicted molar refractivity (Wildman–Crippen MR) is 123 cm³/mol. The molecule has 1 aliphatic rings. The van der Waals surface area contributed by atoms with Crippen LogP contribution in [0.2, 0.25) is 0 Å². The van der Waals surface area contributed by atoms with E-state index in [0.29, 0.717) is 17.1 Å². The summed E-state index contributed by atoms with van der Waals surface area (Å²) in [4.78, 5) is 28.4. The first kappa shape index (κ1) is 22.0. The molecule has 3 heterocycles. The molecule has 5 rings (SSSR count). The molecule has 35 heavy (non-hydrogen) atoms. The molecule has 0 spiro atoms. The number of carbonyl (C=O) groups excluding carboxylic acids is 2. The van der Waals surface area contributed by atoms with Gasteiger partial charge >= 0.3 is 5.91 Å². The van der Waals surface area contributed by atoms with Crippen LogP contribution in [0, 0.1) is 12.7 Å². The standard InChI is InChI=1S/C26H19FN4O4/c1-16-21(25(33)31(28-16)19-8-6-17(27)7-9-19)22-23(29-14-4-3-5-15-29)26(34)30(24(22)32)18-10-12-20(35-2)13-11-18/h3-15H,1-2H3. The van der Waals surface area contributed by atoms with Gasteiger partial charge in [0.25, 0.3) is 11.6 Å². The number of amides is 2. The Bertz CT molecular complexity index is 1480. The lowest BCUT2D eigenvalue weighted by atomic mass is 10.0. The summed E-state index contributed by atoms with van der Waals surface area (Å²) in [5.74, 6) is -1.71. The minimum atomic E-state index is -0.648. The summed E-state index contributed by atoms with van der Waals surface area (Å²) in [6.07, 6.45) is 3.25. The number of imide groups is 1. The molecule has 0 N–H and O–H groups in total. The average Bonchev–Trinajstić information content (AvgIpc) is 3.30. The van der Waals surface area contributed by atoms with Crippen LogP contribution in [-0.2, 0) is 9.59 Å². The molecule has 9 heteroatoms. The topological polar surface area (TPSA) is 91.4 Å². The maximum Gasteiger partial charge on any atom is 0.331 e. The SMILES string of the molecule is COc1ccc(N2C(=O)C(c3c(C)nn(-c4ccc(F)cc4)c3[O-])=C([n+]3ccccc3)C2=O)cc1. The molecule has 0 saturated heterocycles. The summed E-state index contributed by atoms with van der Waals surface area (Å²) in [6, 6.07) is 16.9. The monoisotopic (exact) mass is 470 g/mol. The van der Waals surface area contributed by atoms with Gasteiger partial charge in [0, 0.05) is 17.7 Å². The Morgan fingerprint density at radius 2 is 1.54 bits per heavy atom. The third-order valence-corrected chi connectivity index (χ3v) is 5.70. The summed E-state index contributed by atoms with van der Waals surface area (Å²) < 4.78 is 21.2. The third-order valence-electron chi connectivity index (χ3n) is 5.70. The number of ether oxygens (including phenoxy) is 1. The molecule has 8 nitrogen and oxygen atoms in total. The number of nitrogens with zero attached hydrogens (tertiary/aromatic N) is 4. The number of aromatic nitrogens is 3. The molecule has 2 aromatic carbocycles. The van der Waals surface area contributed by atoms with Crippen LogP contribution in [0.25, 0.3) is 17.0 Å². The van der Waals surface area contributed by atoms with Crippen LogP contribution in [0.15, 0.2) is 79.1 Å². The second kappa shape index (κ2) is 8.53. The summed E-state index contributed by atoms with van der Waals surface area (Å²) >= 11 is 0. The fraction of sp³-hybridized carbons (Fsp3) is 0.0769. The Morgan fingerprint density at radius 1 is 0.914 bits per heavy atom. The molecule has 2 amide bonds. The number of carbonyl (C=O) groups is 2. The molecule has 4 aromatic rings. The summed E-state index contributed by atoms with van der Waals surface area (Å²) in [7, 11) is 1.52. The van der Waals surface area contributed by atoms with Crippen LogP contribution in [-0.4, -0.2) is 28.7 Å². The maximum atomic E-state index is 13.7. The van der Waals surface area contributed by atoms with Crippen molar-refractivity contribution in [1.29, 1.82) is 0 Å². The van der Waals surface area contributed by atoms with Crippen molar-refractivity contribution in [2.75, 3.05) is 12.0 Å². The lowest BCUT2D eigenvalue weighted by Crippen LogP contribution is -2.39. The van der Waals surface area contributed by atoms with Crippen molar-refractivity contribution in [3.63, 3.8) is 0 Å². The highest BCUT2D eigenvalue weighted by atomic mass is 19.1. The number of hydrogen-bond acceptors (Lipinski definition) is 5. The van der Waals surface area contributed by atoms with Crippen molar-refractivity contribution in [2.24, 2.45) is 0 Å². The van der Waals surface area contributed by atoms with E-state index < -0.39 is 23.5 Å². The summed E-state index contributed by atoms with van der Waals surface area (Å²) in [5, 5.41) is 17.8. The quantitative estimate of drug-likeness (QED) is 0.330. The Morgan fingerprint density at radius 3 is 2.17 bits per heavy atom. The van der Waals surface area contributed by atoms with E-state index in [1.54, 1.807) is 61.8 Å². The highest BCUT2D eigenvalue weighted by Crippen LogP contribution is 2.38. The average molecular weight is 470 g/mol. The molecular formula is C26H19FN4O4. The Kier molecular flexibility index (Phi) is 5.37. The number of anilines is 1. The highest BCUT2D eigenvalue weighted by molar-refractivity contribution is 6.53. The number of benzene rings is 2. The predicted octanol–water partition coefficient (Wildman–Crippen LogP) is 2.63. The van der Waals surface area contributed by atoms with E-state index in [2.05, 4.69) is 5.10 Å². The number of aryl methyl sites for hydroxylation is 1. The second-order valence-electron chi connectivity index (χ2n) is 7.80. The van der Waals surface area contributed by atoms with Crippen molar-refractivity contribution < 1.29 is 28.4 Å². The van der Waals surface area contributed by atoms with Gasteiger partial charge in [-0.15, -0.1) is 0 Å². The van der Waals surface area contributed by atoms with Crippen LogP contribution >= 0.6 is 0 Å². The first-order valence-electron chi connectivity index (χ1n) is 10.7. The molecule has 2 aromatic heterocycles. The van der Waals surface area contributed by atoms with E-state index in [1.807, 2.05) is 0 Å².